The van der Waals surface area contributed by atoms with Crippen LogP contribution in [0.1, 0.15) is 0 Å². The molecular weight excluding hydrogens is 396 g/mol. The molecule has 4 nitrogen and oxygen atoms in total. The van der Waals surface area contributed by atoms with Gasteiger partial charge in [-0.05, 0) is 0 Å². The molecule has 0 aliphatic rings. The Kier molecular flexibility index (Phi) is 8.52. The number of carbonyl (C=O) groups is 1. The Labute approximate surface area is 160 Å². The van der Waals surface area contributed by atoms with Crippen LogP contribution in [0.5, 0.6) is 0 Å². The third-order valence-corrected chi connectivity index (χ3v) is 1.61. The van der Waals surface area contributed by atoms with Crippen molar-refractivity contribution < 1.29 is 119 Å². The molecule has 0 fully saturated rings. The van der Waals surface area contributed by atoms with Gasteiger partial charge in [0.2, 0.25) is 0 Å². The van der Waals surface area contributed by atoms with Crippen molar-refractivity contribution in [1.29, 1.82) is 0 Å². The summed E-state index contributed by atoms with van der Waals surface area (Å²) in [7, 11) is 0. The van der Waals surface area contributed by atoms with Crippen LogP contribution in [0.25, 0.3) is 0 Å². The predicted octanol–water partition coefficient (Wildman–Crippen LogP) is -0.778. The maximum absolute atomic E-state index is 13.1. The summed E-state index contributed by atoms with van der Waals surface area (Å²) in [5, 5.41) is 9.67. The minimum Gasteiger partial charge on any atom is -0.542 e. The van der Waals surface area contributed by atoms with Gasteiger partial charge in [-0.25, -0.2) is 0 Å². The third kappa shape index (κ3) is 5.70. The third-order valence-electron chi connectivity index (χ3n) is 1.61. The number of carbonyl (C=O) groups excluding carboxylic acids is 1. The zero-order chi connectivity index (χ0) is 18.1. The standard InChI is InChI=1S/C7HF11O4.K/c8-1(9)2(10)21-7(17,18)5(13,6(14,15)16)22-4(11,12)3(19)20;/h(H,19,20);/q;+1/p-1. The number of alkyl halides is 8. The molecule has 0 amide bonds. The van der Waals surface area contributed by atoms with Crippen molar-refractivity contribution >= 4 is 5.97 Å². The van der Waals surface area contributed by atoms with Gasteiger partial charge < -0.3 is 14.6 Å². The van der Waals surface area contributed by atoms with Gasteiger partial charge in [0.05, 0.1) is 0 Å². The first kappa shape index (κ1) is 25.1. The van der Waals surface area contributed by atoms with Crippen LogP contribution in [-0.4, -0.2) is 30.2 Å². The molecule has 0 radical (unpaired) electrons. The number of rotatable bonds is 6. The molecule has 0 heterocycles. The first-order chi connectivity index (χ1) is 9.48. The van der Waals surface area contributed by atoms with Gasteiger partial charge >= 0.3 is 87.7 Å². The van der Waals surface area contributed by atoms with Crippen molar-refractivity contribution in [2.75, 3.05) is 0 Å². The number of carboxylic acid groups (broad SMARTS) is 1. The topological polar surface area (TPSA) is 58.6 Å². The molecule has 23 heavy (non-hydrogen) atoms. The molecule has 0 saturated carbocycles. The number of hydrogen-bond donors (Lipinski definition) is 0. The number of carboxylic acids is 1. The van der Waals surface area contributed by atoms with E-state index >= 15 is 0 Å². The zero-order valence-corrected chi connectivity index (χ0v) is 13.4. The number of ether oxygens (including phenoxy) is 2. The van der Waals surface area contributed by atoms with Gasteiger partial charge in [0.1, 0.15) is 5.97 Å². The average molecular weight is 396 g/mol. The van der Waals surface area contributed by atoms with E-state index in [-0.39, 0.29) is 51.4 Å². The first-order valence-corrected chi connectivity index (χ1v) is 4.30. The van der Waals surface area contributed by atoms with Gasteiger partial charge in [-0.15, -0.1) is 0 Å². The summed E-state index contributed by atoms with van der Waals surface area (Å²) in [6, 6.07) is -3.75. The van der Waals surface area contributed by atoms with Crippen molar-refractivity contribution in [2.24, 2.45) is 0 Å². The van der Waals surface area contributed by atoms with Crippen LogP contribution >= 0.6 is 0 Å². The fourth-order valence-electron chi connectivity index (χ4n) is 0.717. The molecule has 0 saturated heterocycles. The SMILES string of the molecule is O=C([O-])C(F)(F)OC(F)(C(F)(F)F)C(F)(F)OC(F)=C(F)F.[K+]. The molecule has 130 valence electrons. The maximum atomic E-state index is 13.1. The Balaban J connectivity index is 0. The van der Waals surface area contributed by atoms with Crippen LogP contribution < -0.4 is 56.5 Å². The van der Waals surface area contributed by atoms with E-state index in [1.54, 1.807) is 4.74 Å². The summed E-state index contributed by atoms with van der Waals surface area (Å²) in [4.78, 5) is 9.67. The minimum atomic E-state index is -7.16. The zero-order valence-electron chi connectivity index (χ0n) is 10.3. The number of hydrogen-bond acceptors (Lipinski definition) is 4. The van der Waals surface area contributed by atoms with E-state index in [0.29, 0.717) is 0 Å². The van der Waals surface area contributed by atoms with Crippen LogP contribution in [0.2, 0.25) is 0 Å². The van der Waals surface area contributed by atoms with E-state index in [4.69, 9.17) is 0 Å². The fourth-order valence-corrected chi connectivity index (χ4v) is 0.717. The van der Waals surface area contributed by atoms with Crippen molar-refractivity contribution in [1.82, 2.24) is 0 Å². The van der Waals surface area contributed by atoms with Gasteiger partial charge in [0, 0.05) is 0 Å². The largest absolute Gasteiger partial charge is 1.00 e. The van der Waals surface area contributed by atoms with Crippen molar-refractivity contribution in [3.8, 4) is 0 Å². The summed E-state index contributed by atoms with van der Waals surface area (Å²) in [5.74, 6) is -10.9. The molecule has 1 unspecified atom stereocenters. The average Bonchev–Trinajstić information content (AvgIpc) is 2.25. The normalized spacial score (nSPS) is 15.3. The smallest absolute Gasteiger partial charge is 0.542 e. The second-order valence-electron chi connectivity index (χ2n) is 3.15. The van der Waals surface area contributed by atoms with E-state index in [2.05, 4.69) is 0 Å². The molecule has 0 rings (SSSR count). The summed E-state index contributed by atoms with van der Waals surface area (Å²) in [5.41, 5.74) is 0. The van der Waals surface area contributed by atoms with Crippen LogP contribution in [0.4, 0.5) is 48.3 Å². The van der Waals surface area contributed by atoms with Crippen LogP contribution in [-0.2, 0) is 14.3 Å². The van der Waals surface area contributed by atoms with Crippen LogP contribution in [0.15, 0.2) is 12.1 Å². The summed E-state index contributed by atoms with van der Waals surface area (Å²) in [6.45, 7) is 0. The Hall–Kier alpha value is -0.164. The molecule has 1 atom stereocenters. The molecule has 0 aliphatic heterocycles. The molecular formula is C7F11KO4. The van der Waals surface area contributed by atoms with E-state index in [1.165, 1.54) is 0 Å². The Morgan fingerprint density at radius 2 is 1.26 bits per heavy atom. The first-order valence-electron chi connectivity index (χ1n) is 4.30. The van der Waals surface area contributed by atoms with Crippen molar-refractivity contribution in [2.45, 2.75) is 24.2 Å². The van der Waals surface area contributed by atoms with E-state index in [0.717, 1.165) is 0 Å². The molecule has 0 aromatic rings. The van der Waals surface area contributed by atoms with Crippen molar-refractivity contribution in [3.63, 3.8) is 0 Å². The quantitative estimate of drug-likeness (QED) is 0.336. The molecule has 0 aliphatic carbocycles. The number of aliphatic carboxylic acids is 1. The van der Waals surface area contributed by atoms with Crippen molar-refractivity contribution in [3.05, 3.63) is 12.1 Å². The van der Waals surface area contributed by atoms with Crippen LogP contribution in [0, 0.1) is 0 Å². The summed E-state index contributed by atoms with van der Waals surface area (Å²) < 4.78 is 138. The Morgan fingerprint density at radius 1 is 0.870 bits per heavy atom. The Bertz CT molecular complexity index is 471. The van der Waals surface area contributed by atoms with E-state index < -0.39 is 42.3 Å². The molecule has 16 heteroatoms. The van der Waals surface area contributed by atoms with E-state index in [9.17, 15) is 58.2 Å². The maximum Gasteiger partial charge on any atom is 1.00 e. The van der Waals surface area contributed by atoms with Gasteiger partial charge in [-0.2, -0.15) is 48.3 Å². The Morgan fingerprint density at radius 3 is 1.52 bits per heavy atom. The second-order valence-corrected chi connectivity index (χ2v) is 3.15. The summed E-state index contributed by atoms with van der Waals surface area (Å²) in [6.07, 6.45) is -24.1. The molecule has 0 spiro atoms. The summed E-state index contributed by atoms with van der Waals surface area (Å²) >= 11 is 0. The van der Waals surface area contributed by atoms with Gasteiger partial charge in [-0.1, -0.05) is 0 Å². The molecule has 0 N–H and O–H groups in total. The molecule has 0 bridgehead atoms. The molecule has 0 aromatic heterocycles. The van der Waals surface area contributed by atoms with Gasteiger partial charge in [0.15, 0.2) is 0 Å². The van der Waals surface area contributed by atoms with Crippen LogP contribution in [0.3, 0.4) is 0 Å². The van der Waals surface area contributed by atoms with Gasteiger partial charge in [0.25, 0.3) is 0 Å². The second kappa shape index (κ2) is 7.81. The fraction of sp³-hybridized carbons (Fsp3) is 0.571. The molecule has 0 aromatic carbocycles. The van der Waals surface area contributed by atoms with E-state index in [1.807, 2.05) is 4.74 Å². The number of halogens is 11. The monoisotopic (exact) mass is 396 g/mol. The minimum absolute atomic E-state index is 0. The van der Waals surface area contributed by atoms with Gasteiger partial charge in [-0.3, -0.25) is 4.74 Å². The predicted molar refractivity (Wildman–Crippen MR) is 37.3 cm³/mol.